The highest BCUT2D eigenvalue weighted by Crippen LogP contribution is 2.30. The molecule has 2 N–H and O–H groups in total. The van der Waals surface area contributed by atoms with E-state index in [1.54, 1.807) is 0 Å². The summed E-state index contributed by atoms with van der Waals surface area (Å²) >= 11 is 6.31. The van der Waals surface area contributed by atoms with Crippen molar-refractivity contribution >= 4 is 17.3 Å². The molecule has 1 aromatic rings. The summed E-state index contributed by atoms with van der Waals surface area (Å²) in [5.74, 6) is 0. The highest BCUT2D eigenvalue weighted by Gasteiger charge is 2.14. The van der Waals surface area contributed by atoms with Crippen molar-refractivity contribution in [2.45, 2.75) is 39.3 Å². The number of hydrogen-bond acceptors (Lipinski definition) is 3. The van der Waals surface area contributed by atoms with E-state index < -0.39 is 0 Å². The number of nitrogens with zero attached hydrogens (tertiary/aromatic N) is 2. The van der Waals surface area contributed by atoms with Gasteiger partial charge in [0.1, 0.15) is 0 Å². The van der Waals surface area contributed by atoms with Crippen LogP contribution in [0.15, 0.2) is 18.2 Å². The monoisotopic (exact) mass is 265 g/mol. The maximum absolute atomic E-state index is 8.70. The van der Waals surface area contributed by atoms with Crippen molar-refractivity contribution in [2.24, 2.45) is 5.73 Å². The lowest BCUT2D eigenvalue weighted by molar-refractivity contribution is 0.686. The van der Waals surface area contributed by atoms with E-state index in [0.717, 1.165) is 11.3 Å². The van der Waals surface area contributed by atoms with Crippen LogP contribution in [0.25, 0.3) is 0 Å². The average Bonchev–Trinajstić information content (AvgIpc) is 2.30. The highest BCUT2D eigenvalue weighted by molar-refractivity contribution is 6.33. The lowest BCUT2D eigenvalue weighted by Crippen LogP contribution is -2.31. The van der Waals surface area contributed by atoms with Gasteiger partial charge in [-0.05, 0) is 38.5 Å². The minimum atomic E-state index is -0.0249. The molecule has 0 aliphatic carbocycles. The zero-order valence-electron chi connectivity index (χ0n) is 11.2. The van der Waals surface area contributed by atoms with Crippen LogP contribution in [0.4, 0.5) is 5.69 Å². The third-order valence-corrected chi connectivity index (χ3v) is 3.20. The van der Waals surface area contributed by atoms with Crippen molar-refractivity contribution in [2.75, 3.05) is 11.4 Å². The molecule has 1 atom stereocenters. The Hall–Kier alpha value is -1.24. The molecule has 0 saturated heterocycles. The van der Waals surface area contributed by atoms with Crippen molar-refractivity contribution in [3.05, 3.63) is 28.8 Å². The van der Waals surface area contributed by atoms with Crippen molar-refractivity contribution in [1.29, 1.82) is 5.26 Å². The van der Waals surface area contributed by atoms with E-state index in [1.807, 2.05) is 25.1 Å². The summed E-state index contributed by atoms with van der Waals surface area (Å²) in [4.78, 5) is 2.14. The van der Waals surface area contributed by atoms with Crippen molar-refractivity contribution < 1.29 is 0 Å². The van der Waals surface area contributed by atoms with Crippen molar-refractivity contribution in [3.8, 4) is 6.07 Å². The molecule has 0 radical (unpaired) electrons. The number of halogens is 1. The predicted molar refractivity (Wildman–Crippen MR) is 76.8 cm³/mol. The van der Waals surface area contributed by atoms with Crippen LogP contribution in [-0.4, -0.2) is 12.6 Å². The Labute approximate surface area is 114 Å². The molecule has 4 heteroatoms. The summed E-state index contributed by atoms with van der Waals surface area (Å²) in [6.45, 7) is 6.80. The van der Waals surface area contributed by atoms with E-state index >= 15 is 0 Å². The Balaban J connectivity index is 3.02. The van der Waals surface area contributed by atoms with Crippen LogP contribution < -0.4 is 10.6 Å². The smallest absolute Gasteiger partial charge is 0.0642 e. The van der Waals surface area contributed by atoms with Crippen LogP contribution >= 0.6 is 11.6 Å². The van der Waals surface area contributed by atoms with E-state index in [2.05, 4.69) is 24.8 Å². The first-order chi connectivity index (χ1) is 8.47. The Kier molecular flexibility index (Phi) is 5.46. The van der Waals surface area contributed by atoms with E-state index in [-0.39, 0.29) is 6.04 Å². The van der Waals surface area contributed by atoms with Crippen LogP contribution in [0.5, 0.6) is 0 Å². The molecule has 0 amide bonds. The molecule has 98 valence electrons. The maximum atomic E-state index is 8.70. The summed E-state index contributed by atoms with van der Waals surface area (Å²) in [5, 5.41) is 9.39. The van der Waals surface area contributed by atoms with Crippen molar-refractivity contribution in [1.82, 2.24) is 0 Å². The molecule has 0 aliphatic rings. The average molecular weight is 266 g/mol. The van der Waals surface area contributed by atoms with E-state index in [0.29, 0.717) is 24.0 Å². The fourth-order valence-electron chi connectivity index (χ4n) is 1.87. The molecule has 18 heavy (non-hydrogen) atoms. The minimum absolute atomic E-state index is 0.0249. The van der Waals surface area contributed by atoms with Gasteiger partial charge >= 0.3 is 0 Å². The van der Waals surface area contributed by atoms with Crippen molar-refractivity contribution in [3.63, 3.8) is 0 Å². The van der Waals surface area contributed by atoms with Gasteiger partial charge in [-0.2, -0.15) is 5.26 Å². The summed E-state index contributed by atoms with van der Waals surface area (Å²) in [6, 6.07) is 8.33. The van der Waals surface area contributed by atoms with Gasteiger partial charge in [0.25, 0.3) is 0 Å². The maximum Gasteiger partial charge on any atom is 0.0642 e. The van der Waals surface area contributed by atoms with E-state index in [9.17, 15) is 0 Å². The quantitative estimate of drug-likeness (QED) is 0.887. The molecule has 0 unspecified atom stereocenters. The molecule has 0 aromatic heterocycles. The first-order valence-corrected chi connectivity index (χ1v) is 6.53. The number of hydrogen-bond donors (Lipinski definition) is 1. The van der Waals surface area contributed by atoms with Crippen LogP contribution in [0.3, 0.4) is 0 Å². The molecule has 3 nitrogen and oxygen atoms in total. The summed E-state index contributed by atoms with van der Waals surface area (Å²) in [5.41, 5.74) is 7.82. The molecular weight excluding hydrogens is 246 g/mol. The second kappa shape index (κ2) is 6.63. The first kappa shape index (κ1) is 14.8. The predicted octanol–water partition coefficient (Wildman–Crippen LogP) is 3.49. The van der Waals surface area contributed by atoms with Gasteiger partial charge < -0.3 is 10.6 Å². The molecule has 0 saturated carbocycles. The molecule has 0 heterocycles. The lowest BCUT2D eigenvalue weighted by Gasteiger charge is -2.29. The van der Waals surface area contributed by atoms with E-state index in [4.69, 9.17) is 22.6 Å². The number of anilines is 1. The van der Waals surface area contributed by atoms with Gasteiger partial charge in [-0.15, -0.1) is 0 Å². The Morgan fingerprint density at radius 3 is 2.50 bits per heavy atom. The fraction of sp³-hybridized carbons (Fsp3) is 0.500. The van der Waals surface area contributed by atoms with Gasteiger partial charge in [0.15, 0.2) is 0 Å². The number of nitrogens with two attached hydrogens (primary N) is 1. The molecule has 0 spiro atoms. The summed E-state index contributed by atoms with van der Waals surface area (Å²) in [6.07, 6.45) is 0.490. The highest BCUT2D eigenvalue weighted by atomic mass is 35.5. The zero-order valence-corrected chi connectivity index (χ0v) is 11.9. The number of rotatable bonds is 5. The molecule has 0 aliphatic heterocycles. The topological polar surface area (TPSA) is 53.0 Å². The Morgan fingerprint density at radius 2 is 2.06 bits per heavy atom. The van der Waals surface area contributed by atoms with Crippen LogP contribution in [-0.2, 0) is 0 Å². The van der Waals surface area contributed by atoms with Gasteiger partial charge in [0.05, 0.1) is 23.2 Å². The standard InChI is InChI=1S/C14H20ClN3/c1-10(2)18(8-4-7-16)14-6-5-12(11(3)17)9-13(14)15/h5-6,9-11H,4,8,17H2,1-3H3/t11-/m1/s1. The zero-order chi connectivity index (χ0) is 13.7. The summed E-state index contributed by atoms with van der Waals surface area (Å²) < 4.78 is 0. The molecule has 0 bridgehead atoms. The third-order valence-electron chi connectivity index (χ3n) is 2.89. The van der Waals surface area contributed by atoms with Gasteiger partial charge in [0, 0.05) is 18.6 Å². The van der Waals surface area contributed by atoms with Crippen LogP contribution in [0.2, 0.25) is 5.02 Å². The van der Waals surface area contributed by atoms with Crippen LogP contribution in [0.1, 0.15) is 38.8 Å². The lowest BCUT2D eigenvalue weighted by atomic mass is 10.1. The molecular formula is C14H20ClN3. The first-order valence-electron chi connectivity index (χ1n) is 6.16. The van der Waals surface area contributed by atoms with Gasteiger partial charge in [0.2, 0.25) is 0 Å². The van der Waals surface area contributed by atoms with Crippen LogP contribution in [0, 0.1) is 11.3 Å². The second-order valence-corrected chi connectivity index (χ2v) is 5.10. The van der Waals surface area contributed by atoms with E-state index in [1.165, 1.54) is 0 Å². The fourth-order valence-corrected chi connectivity index (χ4v) is 2.16. The SMILES string of the molecule is CC(C)N(CCC#N)c1ccc([C@@H](C)N)cc1Cl. The van der Waals surface area contributed by atoms with Gasteiger partial charge in [-0.3, -0.25) is 0 Å². The molecule has 1 rings (SSSR count). The minimum Gasteiger partial charge on any atom is -0.367 e. The summed E-state index contributed by atoms with van der Waals surface area (Å²) in [7, 11) is 0. The second-order valence-electron chi connectivity index (χ2n) is 4.69. The van der Waals surface area contributed by atoms with Gasteiger partial charge in [-0.25, -0.2) is 0 Å². The Morgan fingerprint density at radius 1 is 1.39 bits per heavy atom. The third kappa shape index (κ3) is 3.63. The Bertz CT molecular complexity index is 435. The van der Waals surface area contributed by atoms with Gasteiger partial charge in [-0.1, -0.05) is 17.7 Å². The molecule has 1 aromatic carbocycles. The molecule has 0 fully saturated rings. The number of nitriles is 1. The normalized spacial score (nSPS) is 12.3. The number of benzene rings is 1. The largest absolute Gasteiger partial charge is 0.367 e.